The monoisotopic (exact) mass is 293 g/mol. The van der Waals surface area contributed by atoms with Crippen molar-refractivity contribution in [1.29, 1.82) is 0 Å². The number of nitrogens with one attached hydrogen (secondary N) is 1. The predicted molar refractivity (Wildman–Crippen MR) is 83.3 cm³/mol. The van der Waals surface area contributed by atoms with Crippen LogP contribution in [0.15, 0.2) is 0 Å². The van der Waals surface area contributed by atoms with E-state index in [1.165, 1.54) is 64.2 Å². The summed E-state index contributed by atoms with van der Waals surface area (Å²) in [5.41, 5.74) is 0.231. The molecule has 1 N–H and O–H groups in total. The van der Waals surface area contributed by atoms with E-state index in [-0.39, 0.29) is 5.60 Å². The second-order valence-electron chi connectivity index (χ2n) is 7.93. The highest BCUT2D eigenvalue weighted by Crippen LogP contribution is 2.46. The van der Waals surface area contributed by atoms with Crippen molar-refractivity contribution >= 4 is 0 Å². The molecule has 0 aromatic heterocycles. The average Bonchev–Trinajstić information content (AvgIpc) is 3.12. The maximum atomic E-state index is 6.30. The van der Waals surface area contributed by atoms with Crippen molar-refractivity contribution in [3.05, 3.63) is 0 Å². The lowest BCUT2D eigenvalue weighted by molar-refractivity contribution is -0.125. The summed E-state index contributed by atoms with van der Waals surface area (Å²) in [7, 11) is 2.17. The molecule has 0 aromatic carbocycles. The molecular weight excluding hydrogens is 262 g/mol. The van der Waals surface area contributed by atoms with Crippen LogP contribution in [0.4, 0.5) is 0 Å². The molecule has 3 heteroatoms. The van der Waals surface area contributed by atoms with Gasteiger partial charge in [0.05, 0.1) is 17.8 Å². The van der Waals surface area contributed by atoms with Crippen LogP contribution >= 0.6 is 0 Å². The Bertz CT molecular complexity index is 361. The first kappa shape index (κ1) is 14.5. The van der Waals surface area contributed by atoms with Crippen LogP contribution in [0.3, 0.4) is 0 Å². The van der Waals surface area contributed by atoms with E-state index < -0.39 is 0 Å². The fraction of sp³-hybridized carbons (Fsp3) is 1.00. The van der Waals surface area contributed by atoms with E-state index >= 15 is 0 Å². The highest BCUT2D eigenvalue weighted by molar-refractivity contribution is 5.00. The third-order valence-electron chi connectivity index (χ3n) is 6.75. The third kappa shape index (κ3) is 2.66. The SMILES string of the molecule is CNC(C1CCOC2(CCCCC2)C1)C1CC2CCC1O2. The van der Waals surface area contributed by atoms with E-state index in [0.717, 1.165) is 18.4 Å². The molecule has 5 unspecified atom stereocenters. The largest absolute Gasteiger partial charge is 0.375 e. The number of rotatable bonds is 3. The smallest absolute Gasteiger partial charge is 0.0685 e. The zero-order valence-corrected chi connectivity index (χ0v) is 13.5. The second kappa shape index (κ2) is 5.82. The summed E-state index contributed by atoms with van der Waals surface area (Å²) in [5.74, 6) is 1.53. The number of hydrogen-bond acceptors (Lipinski definition) is 3. The van der Waals surface area contributed by atoms with Crippen LogP contribution < -0.4 is 5.32 Å². The molecule has 3 heterocycles. The minimum absolute atomic E-state index is 0.231. The van der Waals surface area contributed by atoms with Crippen molar-refractivity contribution in [3.63, 3.8) is 0 Å². The molecule has 0 amide bonds. The fourth-order valence-corrected chi connectivity index (χ4v) is 5.77. The van der Waals surface area contributed by atoms with Gasteiger partial charge < -0.3 is 14.8 Å². The third-order valence-corrected chi connectivity index (χ3v) is 6.75. The Morgan fingerprint density at radius 2 is 1.95 bits per heavy atom. The molecule has 4 aliphatic rings. The van der Waals surface area contributed by atoms with Crippen LogP contribution in [0.2, 0.25) is 0 Å². The van der Waals surface area contributed by atoms with Gasteiger partial charge in [-0.05, 0) is 57.9 Å². The van der Waals surface area contributed by atoms with Crippen LogP contribution in [0.25, 0.3) is 0 Å². The molecule has 1 aliphatic carbocycles. The molecule has 3 nitrogen and oxygen atoms in total. The van der Waals surface area contributed by atoms with Crippen molar-refractivity contribution in [1.82, 2.24) is 5.32 Å². The Kier molecular flexibility index (Phi) is 4.01. The van der Waals surface area contributed by atoms with Crippen molar-refractivity contribution in [3.8, 4) is 0 Å². The fourth-order valence-electron chi connectivity index (χ4n) is 5.77. The van der Waals surface area contributed by atoms with E-state index in [4.69, 9.17) is 9.47 Å². The van der Waals surface area contributed by atoms with E-state index in [0.29, 0.717) is 18.2 Å². The molecule has 0 aromatic rings. The number of fused-ring (bicyclic) bond motifs is 2. The van der Waals surface area contributed by atoms with Crippen molar-refractivity contribution in [2.75, 3.05) is 13.7 Å². The Labute approximate surface area is 129 Å². The molecule has 1 spiro atoms. The number of hydrogen-bond donors (Lipinski definition) is 1. The molecule has 3 saturated heterocycles. The Morgan fingerprint density at radius 1 is 1.10 bits per heavy atom. The Balaban J connectivity index is 1.46. The summed E-state index contributed by atoms with van der Waals surface area (Å²) in [4.78, 5) is 0. The van der Waals surface area contributed by atoms with Gasteiger partial charge in [-0.15, -0.1) is 0 Å². The van der Waals surface area contributed by atoms with Crippen molar-refractivity contribution in [2.24, 2.45) is 11.8 Å². The molecular formula is C18H31NO2. The van der Waals surface area contributed by atoms with E-state index in [1.807, 2.05) is 0 Å². The molecule has 4 fully saturated rings. The maximum Gasteiger partial charge on any atom is 0.0685 e. The molecule has 21 heavy (non-hydrogen) atoms. The van der Waals surface area contributed by atoms with Crippen molar-refractivity contribution in [2.45, 2.75) is 88.1 Å². The minimum atomic E-state index is 0.231. The lowest BCUT2D eigenvalue weighted by atomic mass is 9.70. The van der Waals surface area contributed by atoms with Crippen LogP contribution in [0, 0.1) is 11.8 Å². The molecule has 5 atom stereocenters. The zero-order chi connectivity index (χ0) is 14.3. The van der Waals surface area contributed by atoms with Gasteiger partial charge in [0.25, 0.3) is 0 Å². The van der Waals surface area contributed by atoms with Gasteiger partial charge in [-0.1, -0.05) is 19.3 Å². The molecule has 4 rings (SSSR count). The summed E-state index contributed by atoms with van der Waals surface area (Å²) in [5, 5.41) is 3.69. The molecule has 1 saturated carbocycles. The van der Waals surface area contributed by atoms with E-state index in [1.54, 1.807) is 0 Å². The van der Waals surface area contributed by atoms with Gasteiger partial charge in [-0.3, -0.25) is 0 Å². The summed E-state index contributed by atoms with van der Waals surface area (Å²) in [6, 6.07) is 0.642. The number of ether oxygens (including phenoxy) is 2. The van der Waals surface area contributed by atoms with Gasteiger partial charge in [0.15, 0.2) is 0 Å². The molecule has 3 aliphatic heterocycles. The van der Waals surface area contributed by atoms with Gasteiger partial charge in [0, 0.05) is 18.6 Å². The van der Waals surface area contributed by atoms with Gasteiger partial charge >= 0.3 is 0 Å². The lowest BCUT2D eigenvalue weighted by Crippen LogP contribution is -2.51. The van der Waals surface area contributed by atoms with Gasteiger partial charge in [-0.25, -0.2) is 0 Å². The quantitative estimate of drug-likeness (QED) is 0.866. The van der Waals surface area contributed by atoms with Crippen LogP contribution in [-0.4, -0.2) is 37.5 Å². The van der Waals surface area contributed by atoms with Crippen molar-refractivity contribution < 1.29 is 9.47 Å². The minimum Gasteiger partial charge on any atom is -0.375 e. The first-order valence-corrected chi connectivity index (χ1v) is 9.26. The Hall–Kier alpha value is -0.120. The lowest BCUT2D eigenvalue weighted by Gasteiger charge is -2.47. The first-order valence-electron chi connectivity index (χ1n) is 9.26. The van der Waals surface area contributed by atoms with Gasteiger partial charge in [0.1, 0.15) is 0 Å². The topological polar surface area (TPSA) is 30.5 Å². The van der Waals surface area contributed by atoms with E-state index in [2.05, 4.69) is 12.4 Å². The predicted octanol–water partition coefficient (Wildman–Crippen LogP) is 3.27. The molecule has 120 valence electrons. The maximum absolute atomic E-state index is 6.30. The Morgan fingerprint density at radius 3 is 2.62 bits per heavy atom. The average molecular weight is 293 g/mol. The summed E-state index contributed by atoms with van der Waals surface area (Å²) in [6.07, 6.45) is 14.3. The standard InChI is InChI=1S/C18H31NO2/c1-19-17(15-11-14-5-6-16(15)21-14)13-7-10-20-18(12-13)8-3-2-4-9-18/h13-17,19H,2-12H2,1H3. The summed E-state index contributed by atoms with van der Waals surface area (Å²) in [6.45, 7) is 0.977. The van der Waals surface area contributed by atoms with Crippen LogP contribution in [0.5, 0.6) is 0 Å². The molecule has 0 radical (unpaired) electrons. The second-order valence-corrected chi connectivity index (χ2v) is 7.93. The van der Waals surface area contributed by atoms with Crippen LogP contribution in [0.1, 0.15) is 64.2 Å². The summed E-state index contributed by atoms with van der Waals surface area (Å²) < 4.78 is 12.4. The van der Waals surface area contributed by atoms with Crippen LogP contribution in [-0.2, 0) is 9.47 Å². The first-order chi connectivity index (χ1) is 10.3. The highest BCUT2D eigenvalue weighted by atomic mass is 16.5. The highest BCUT2D eigenvalue weighted by Gasteiger charge is 2.48. The van der Waals surface area contributed by atoms with Gasteiger partial charge in [-0.2, -0.15) is 0 Å². The summed E-state index contributed by atoms with van der Waals surface area (Å²) >= 11 is 0. The van der Waals surface area contributed by atoms with E-state index in [9.17, 15) is 0 Å². The molecule has 2 bridgehead atoms. The zero-order valence-electron chi connectivity index (χ0n) is 13.5. The van der Waals surface area contributed by atoms with Gasteiger partial charge in [0.2, 0.25) is 0 Å². The normalized spacial score (nSPS) is 43.3.